The second kappa shape index (κ2) is 7.39. The molecule has 23 heavy (non-hydrogen) atoms. The number of benzene rings is 2. The first-order valence-electron chi connectivity index (χ1n) is 6.72. The van der Waals surface area contributed by atoms with Gasteiger partial charge in [0.2, 0.25) is 3.79 Å². The summed E-state index contributed by atoms with van der Waals surface area (Å²) in [6.45, 7) is 1.86. The van der Waals surface area contributed by atoms with E-state index in [9.17, 15) is 9.18 Å². The van der Waals surface area contributed by atoms with Gasteiger partial charge in [-0.1, -0.05) is 64.6 Å². The van der Waals surface area contributed by atoms with Crippen LogP contribution in [0, 0.1) is 12.7 Å². The van der Waals surface area contributed by atoms with Crippen molar-refractivity contribution in [1.29, 1.82) is 0 Å². The van der Waals surface area contributed by atoms with Gasteiger partial charge in [0.25, 0.3) is 5.91 Å². The van der Waals surface area contributed by atoms with Gasteiger partial charge in [-0.2, -0.15) is 0 Å². The predicted molar refractivity (Wildman–Crippen MR) is 92.7 cm³/mol. The third-order valence-electron chi connectivity index (χ3n) is 3.06. The zero-order valence-electron chi connectivity index (χ0n) is 12.1. The number of aryl methyl sites for hydroxylation is 1. The molecule has 0 radical (unpaired) electrons. The molecular weight excluding hydrogens is 362 g/mol. The Morgan fingerprint density at radius 2 is 1.83 bits per heavy atom. The van der Waals surface area contributed by atoms with E-state index < -0.39 is 21.7 Å². The number of hydrogen-bond donors (Lipinski definition) is 2. The van der Waals surface area contributed by atoms with Gasteiger partial charge in [0.05, 0.1) is 5.69 Å². The molecule has 1 amide bonds. The van der Waals surface area contributed by atoms with Crippen LogP contribution in [0.25, 0.3) is 0 Å². The van der Waals surface area contributed by atoms with E-state index in [0.29, 0.717) is 5.56 Å². The summed E-state index contributed by atoms with van der Waals surface area (Å²) >= 11 is 17.7. The molecular formula is C16H14Cl3FN2O. The van der Waals surface area contributed by atoms with E-state index in [2.05, 4.69) is 10.6 Å². The fraction of sp³-hybridized carbons (Fsp3) is 0.188. The number of anilines is 1. The van der Waals surface area contributed by atoms with Gasteiger partial charge in [0, 0.05) is 5.56 Å². The molecule has 2 aromatic carbocycles. The van der Waals surface area contributed by atoms with Crippen LogP contribution in [0.3, 0.4) is 0 Å². The minimum absolute atomic E-state index is 0.119. The van der Waals surface area contributed by atoms with E-state index in [0.717, 1.165) is 5.56 Å². The summed E-state index contributed by atoms with van der Waals surface area (Å²) in [7, 11) is 0. The molecule has 2 aromatic rings. The molecule has 0 aliphatic rings. The number of alkyl halides is 3. The standard InChI is InChI=1S/C16H14Cl3FN2O/c1-10-5-4-6-11(9-10)14(23)22-15(16(17,18)19)21-13-8-3-2-7-12(13)20/h2-9,15,21H,1H3,(H,22,23)/t15-/m0/s1. The molecule has 0 aromatic heterocycles. The van der Waals surface area contributed by atoms with Crippen LogP contribution in [0.2, 0.25) is 0 Å². The van der Waals surface area contributed by atoms with Gasteiger partial charge in [-0.15, -0.1) is 0 Å². The molecule has 7 heteroatoms. The SMILES string of the molecule is Cc1cccc(C(=O)N[C@H](Nc2ccccc2F)C(Cl)(Cl)Cl)c1. The molecule has 0 fully saturated rings. The minimum Gasteiger partial charge on any atom is -0.359 e. The normalized spacial score (nSPS) is 12.6. The quantitative estimate of drug-likeness (QED) is 0.602. The Bertz CT molecular complexity index is 704. The molecule has 0 saturated carbocycles. The molecule has 3 nitrogen and oxygen atoms in total. The van der Waals surface area contributed by atoms with Crippen molar-refractivity contribution in [3.8, 4) is 0 Å². The molecule has 0 aliphatic carbocycles. The number of amides is 1. The van der Waals surface area contributed by atoms with E-state index in [4.69, 9.17) is 34.8 Å². The van der Waals surface area contributed by atoms with E-state index in [-0.39, 0.29) is 5.69 Å². The predicted octanol–water partition coefficient (Wildman–Crippen LogP) is 4.67. The fourth-order valence-corrected chi connectivity index (χ4v) is 2.26. The van der Waals surface area contributed by atoms with Crippen LogP contribution in [-0.4, -0.2) is 15.9 Å². The Morgan fingerprint density at radius 3 is 2.43 bits per heavy atom. The average molecular weight is 376 g/mol. The van der Waals surface area contributed by atoms with Crippen LogP contribution in [0.4, 0.5) is 10.1 Å². The fourth-order valence-electron chi connectivity index (χ4n) is 1.93. The van der Waals surface area contributed by atoms with Crippen molar-refractivity contribution >= 4 is 46.4 Å². The topological polar surface area (TPSA) is 41.1 Å². The number of carbonyl (C=O) groups is 1. The number of para-hydroxylation sites is 1. The molecule has 0 saturated heterocycles. The Hall–Kier alpha value is -1.49. The van der Waals surface area contributed by atoms with Gasteiger partial charge in [0.1, 0.15) is 12.0 Å². The van der Waals surface area contributed by atoms with Gasteiger partial charge in [-0.3, -0.25) is 4.79 Å². The van der Waals surface area contributed by atoms with Crippen LogP contribution in [0.1, 0.15) is 15.9 Å². The highest BCUT2D eigenvalue weighted by Gasteiger charge is 2.34. The smallest absolute Gasteiger partial charge is 0.252 e. The number of halogens is 4. The maximum absolute atomic E-state index is 13.7. The minimum atomic E-state index is -1.87. The second-order valence-electron chi connectivity index (χ2n) is 4.94. The Labute approximate surface area is 148 Å². The van der Waals surface area contributed by atoms with Crippen molar-refractivity contribution in [1.82, 2.24) is 5.32 Å². The lowest BCUT2D eigenvalue weighted by atomic mass is 10.1. The van der Waals surface area contributed by atoms with Crippen molar-refractivity contribution in [2.75, 3.05) is 5.32 Å². The summed E-state index contributed by atoms with van der Waals surface area (Å²) in [6, 6.07) is 12.9. The summed E-state index contributed by atoms with van der Waals surface area (Å²) in [4.78, 5) is 12.3. The summed E-state index contributed by atoms with van der Waals surface area (Å²) in [6.07, 6.45) is -1.11. The van der Waals surface area contributed by atoms with Gasteiger partial charge in [-0.25, -0.2) is 4.39 Å². The zero-order valence-corrected chi connectivity index (χ0v) is 14.4. The van der Waals surface area contributed by atoms with Crippen LogP contribution in [0.5, 0.6) is 0 Å². The molecule has 0 unspecified atom stereocenters. The van der Waals surface area contributed by atoms with Gasteiger partial charge < -0.3 is 10.6 Å². The lowest BCUT2D eigenvalue weighted by Crippen LogP contribution is -2.49. The monoisotopic (exact) mass is 374 g/mol. The Morgan fingerprint density at radius 1 is 1.13 bits per heavy atom. The van der Waals surface area contributed by atoms with E-state index in [1.165, 1.54) is 18.2 Å². The summed E-state index contributed by atoms with van der Waals surface area (Å²) in [5.74, 6) is -0.953. The van der Waals surface area contributed by atoms with Crippen molar-refractivity contribution in [3.05, 3.63) is 65.5 Å². The molecule has 0 spiro atoms. The number of nitrogens with one attached hydrogen (secondary N) is 2. The van der Waals surface area contributed by atoms with E-state index in [1.807, 2.05) is 13.0 Å². The van der Waals surface area contributed by atoms with Gasteiger partial charge in [0.15, 0.2) is 0 Å². The summed E-state index contributed by atoms with van der Waals surface area (Å²) in [5.41, 5.74) is 1.46. The number of rotatable bonds is 4. The van der Waals surface area contributed by atoms with Crippen molar-refractivity contribution in [2.45, 2.75) is 16.9 Å². The summed E-state index contributed by atoms with van der Waals surface area (Å²) in [5, 5.41) is 5.26. The van der Waals surface area contributed by atoms with Gasteiger partial charge in [-0.05, 0) is 31.2 Å². The third kappa shape index (κ3) is 4.99. The first-order chi connectivity index (χ1) is 10.8. The molecule has 122 valence electrons. The van der Waals surface area contributed by atoms with Crippen molar-refractivity contribution in [2.24, 2.45) is 0 Å². The third-order valence-corrected chi connectivity index (χ3v) is 3.71. The molecule has 0 heterocycles. The first kappa shape index (κ1) is 17.9. The highest BCUT2D eigenvalue weighted by molar-refractivity contribution is 6.68. The Kier molecular flexibility index (Phi) is 5.74. The lowest BCUT2D eigenvalue weighted by molar-refractivity contribution is 0.0941. The summed E-state index contributed by atoms with van der Waals surface area (Å²) < 4.78 is 11.9. The second-order valence-corrected chi connectivity index (χ2v) is 7.31. The number of carbonyl (C=O) groups excluding carboxylic acids is 1. The zero-order chi connectivity index (χ0) is 17.0. The van der Waals surface area contributed by atoms with E-state index >= 15 is 0 Å². The Balaban J connectivity index is 2.20. The molecule has 2 N–H and O–H groups in total. The molecule has 0 bridgehead atoms. The van der Waals surface area contributed by atoms with Crippen molar-refractivity contribution in [3.63, 3.8) is 0 Å². The highest BCUT2D eigenvalue weighted by atomic mass is 35.6. The highest BCUT2D eigenvalue weighted by Crippen LogP contribution is 2.31. The maximum atomic E-state index is 13.7. The molecule has 2 rings (SSSR count). The lowest BCUT2D eigenvalue weighted by Gasteiger charge is -2.27. The maximum Gasteiger partial charge on any atom is 0.252 e. The largest absolute Gasteiger partial charge is 0.359 e. The molecule has 1 atom stereocenters. The van der Waals surface area contributed by atoms with Crippen LogP contribution < -0.4 is 10.6 Å². The van der Waals surface area contributed by atoms with E-state index in [1.54, 1.807) is 24.3 Å². The van der Waals surface area contributed by atoms with Crippen LogP contribution >= 0.6 is 34.8 Å². The first-order valence-corrected chi connectivity index (χ1v) is 7.86. The molecule has 0 aliphatic heterocycles. The number of hydrogen-bond acceptors (Lipinski definition) is 2. The van der Waals surface area contributed by atoms with Crippen LogP contribution in [0.15, 0.2) is 48.5 Å². The van der Waals surface area contributed by atoms with Crippen molar-refractivity contribution < 1.29 is 9.18 Å². The van der Waals surface area contributed by atoms with Gasteiger partial charge >= 0.3 is 0 Å². The van der Waals surface area contributed by atoms with Crippen LogP contribution in [-0.2, 0) is 0 Å². The average Bonchev–Trinajstić information content (AvgIpc) is 2.47.